The minimum atomic E-state index is -2.98. The lowest BCUT2D eigenvalue weighted by molar-refractivity contribution is 0.474. The Balaban J connectivity index is 2.11. The van der Waals surface area contributed by atoms with Gasteiger partial charge in [0.2, 0.25) is 10.0 Å². The van der Waals surface area contributed by atoms with Gasteiger partial charge in [0.25, 0.3) is 0 Å². The van der Waals surface area contributed by atoms with Crippen LogP contribution < -0.4 is 5.32 Å². The molecule has 0 aromatic rings. The van der Waals surface area contributed by atoms with Gasteiger partial charge in [0.05, 0.1) is 5.75 Å². The Bertz CT molecular complexity index is 329. The van der Waals surface area contributed by atoms with E-state index in [1.54, 1.807) is 11.2 Å². The lowest BCUT2D eigenvalue weighted by atomic mass is 10.2. The molecular weight excluding hydrogens is 188 g/mol. The molecule has 0 amide bonds. The summed E-state index contributed by atoms with van der Waals surface area (Å²) in [7, 11) is -2.98. The molecule has 0 saturated carbocycles. The largest absolute Gasteiger partial charge is 0.309 e. The Hall–Kier alpha value is -0.390. The normalized spacial score (nSPS) is 24.1. The van der Waals surface area contributed by atoms with Gasteiger partial charge in [0.1, 0.15) is 0 Å². The van der Waals surface area contributed by atoms with Gasteiger partial charge in [-0.05, 0) is 18.1 Å². The van der Waals surface area contributed by atoms with E-state index >= 15 is 0 Å². The second-order valence-electron chi connectivity index (χ2n) is 3.48. The van der Waals surface area contributed by atoms with Crippen LogP contribution in [0, 0.1) is 0 Å². The molecule has 2 aliphatic rings. The average molecular weight is 202 g/mol. The highest BCUT2D eigenvalue weighted by Crippen LogP contribution is 2.22. The molecule has 2 rings (SSSR count). The number of hydrogen-bond donors (Lipinski definition) is 1. The molecule has 0 saturated heterocycles. The van der Waals surface area contributed by atoms with Crippen molar-refractivity contribution in [2.24, 2.45) is 0 Å². The van der Waals surface area contributed by atoms with Crippen LogP contribution in [0.25, 0.3) is 0 Å². The SMILES string of the molecule is CCS(=O)(=O)N1CC2=C(CNC2)C1. The molecule has 0 bridgehead atoms. The predicted octanol–water partition coefficient (Wildman–Crippen LogP) is -0.448. The van der Waals surface area contributed by atoms with E-state index in [0.29, 0.717) is 13.1 Å². The highest BCUT2D eigenvalue weighted by atomic mass is 32.2. The smallest absolute Gasteiger partial charge is 0.214 e. The van der Waals surface area contributed by atoms with Gasteiger partial charge in [-0.2, -0.15) is 4.31 Å². The van der Waals surface area contributed by atoms with Crippen molar-refractivity contribution >= 4 is 10.0 Å². The lowest BCUT2D eigenvalue weighted by Gasteiger charge is -2.16. The molecule has 0 spiro atoms. The quantitative estimate of drug-likeness (QED) is 0.617. The number of nitrogens with one attached hydrogen (secondary N) is 1. The van der Waals surface area contributed by atoms with Crippen molar-refractivity contribution in [1.29, 1.82) is 0 Å². The first-order valence-corrected chi connectivity index (χ1v) is 6.12. The molecule has 0 aromatic carbocycles. The van der Waals surface area contributed by atoms with Crippen LogP contribution in [0.15, 0.2) is 11.1 Å². The topological polar surface area (TPSA) is 49.4 Å². The molecule has 74 valence electrons. The van der Waals surface area contributed by atoms with Crippen LogP contribution in [0.4, 0.5) is 0 Å². The van der Waals surface area contributed by atoms with Crippen molar-refractivity contribution in [1.82, 2.24) is 9.62 Å². The van der Waals surface area contributed by atoms with Gasteiger partial charge in [-0.15, -0.1) is 0 Å². The Morgan fingerprint density at radius 2 is 1.85 bits per heavy atom. The monoisotopic (exact) mass is 202 g/mol. The zero-order valence-corrected chi connectivity index (χ0v) is 8.52. The Morgan fingerprint density at radius 3 is 2.31 bits per heavy atom. The molecule has 0 radical (unpaired) electrons. The Labute approximate surface area is 78.7 Å². The van der Waals surface area contributed by atoms with Crippen LogP contribution in [0.2, 0.25) is 0 Å². The van der Waals surface area contributed by atoms with Crippen LogP contribution in [0.3, 0.4) is 0 Å². The zero-order valence-electron chi connectivity index (χ0n) is 7.71. The fourth-order valence-corrected chi connectivity index (χ4v) is 2.88. The van der Waals surface area contributed by atoms with Crippen molar-refractivity contribution in [2.75, 3.05) is 31.9 Å². The Morgan fingerprint density at radius 1 is 1.31 bits per heavy atom. The molecule has 0 aromatic heterocycles. The molecule has 2 heterocycles. The minimum Gasteiger partial charge on any atom is -0.309 e. The first-order valence-electron chi connectivity index (χ1n) is 4.52. The van der Waals surface area contributed by atoms with Gasteiger partial charge < -0.3 is 5.32 Å². The predicted molar refractivity (Wildman–Crippen MR) is 50.9 cm³/mol. The maximum atomic E-state index is 11.5. The summed E-state index contributed by atoms with van der Waals surface area (Å²) < 4.78 is 24.6. The Kier molecular flexibility index (Phi) is 2.17. The standard InChI is InChI=1S/C8H14N2O2S/c1-2-13(11,12)10-5-7-3-9-4-8(7)6-10/h9H,2-6H2,1H3. The van der Waals surface area contributed by atoms with Gasteiger partial charge in [0, 0.05) is 26.2 Å². The summed E-state index contributed by atoms with van der Waals surface area (Å²) in [4.78, 5) is 0. The van der Waals surface area contributed by atoms with Crippen molar-refractivity contribution in [2.45, 2.75) is 6.92 Å². The molecule has 5 heteroatoms. The van der Waals surface area contributed by atoms with E-state index in [-0.39, 0.29) is 5.75 Å². The molecule has 0 aliphatic carbocycles. The van der Waals surface area contributed by atoms with Crippen LogP contribution in [-0.4, -0.2) is 44.7 Å². The average Bonchev–Trinajstić information content (AvgIpc) is 2.61. The number of sulfonamides is 1. The molecule has 0 atom stereocenters. The van der Waals surface area contributed by atoms with Gasteiger partial charge in [0.15, 0.2) is 0 Å². The lowest BCUT2D eigenvalue weighted by Crippen LogP contribution is -2.33. The molecule has 1 N–H and O–H groups in total. The molecule has 0 fully saturated rings. The highest BCUT2D eigenvalue weighted by Gasteiger charge is 2.31. The third-order valence-electron chi connectivity index (χ3n) is 2.67. The van der Waals surface area contributed by atoms with Crippen LogP contribution in [-0.2, 0) is 10.0 Å². The van der Waals surface area contributed by atoms with E-state index in [1.807, 2.05) is 0 Å². The fraction of sp³-hybridized carbons (Fsp3) is 0.750. The van der Waals surface area contributed by atoms with Crippen LogP contribution in [0.1, 0.15) is 6.92 Å². The van der Waals surface area contributed by atoms with Gasteiger partial charge in [-0.3, -0.25) is 0 Å². The van der Waals surface area contributed by atoms with Crippen molar-refractivity contribution in [3.63, 3.8) is 0 Å². The van der Waals surface area contributed by atoms with E-state index in [4.69, 9.17) is 0 Å². The summed E-state index contributed by atoms with van der Waals surface area (Å²) in [6, 6.07) is 0. The summed E-state index contributed by atoms with van der Waals surface area (Å²) in [5.41, 5.74) is 2.55. The van der Waals surface area contributed by atoms with E-state index in [0.717, 1.165) is 13.1 Å². The first kappa shape index (κ1) is 9.18. The summed E-state index contributed by atoms with van der Waals surface area (Å²) >= 11 is 0. The molecule has 4 nitrogen and oxygen atoms in total. The number of hydrogen-bond acceptors (Lipinski definition) is 3. The van der Waals surface area contributed by atoms with E-state index in [9.17, 15) is 8.42 Å². The molecule has 2 aliphatic heterocycles. The number of nitrogens with zero attached hydrogens (tertiary/aromatic N) is 1. The van der Waals surface area contributed by atoms with Gasteiger partial charge in [-0.1, -0.05) is 0 Å². The summed E-state index contributed by atoms with van der Waals surface area (Å²) in [6.07, 6.45) is 0. The molecule has 13 heavy (non-hydrogen) atoms. The maximum Gasteiger partial charge on any atom is 0.214 e. The highest BCUT2D eigenvalue weighted by molar-refractivity contribution is 7.89. The minimum absolute atomic E-state index is 0.209. The van der Waals surface area contributed by atoms with Crippen molar-refractivity contribution < 1.29 is 8.42 Å². The van der Waals surface area contributed by atoms with E-state index < -0.39 is 10.0 Å². The molecule has 0 unspecified atom stereocenters. The van der Waals surface area contributed by atoms with Gasteiger partial charge >= 0.3 is 0 Å². The second-order valence-corrected chi connectivity index (χ2v) is 5.74. The summed E-state index contributed by atoms with van der Waals surface area (Å²) in [5, 5.41) is 3.22. The summed E-state index contributed by atoms with van der Waals surface area (Å²) in [5.74, 6) is 0.209. The van der Waals surface area contributed by atoms with E-state index in [1.165, 1.54) is 11.1 Å². The third kappa shape index (κ3) is 1.51. The van der Waals surface area contributed by atoms with E-state index in [2.05, 4.69) is 5.32 Å². The maximum absolute atomic E-state index is 11.5. The fourth-order valence-electron chi connectivity index (χ4n) is 1.81. The van der Waals surface area contributed by atoms with Crippen molar-refractivity contribution in [3.05, 3.63) is 11.1 Å². The molecular formula is C8H14N2O2S. The zero-order chi connectivity index (χ0) is 9.47. The van der Waals surface area contributed by atoms with Crippen LogP contribution in [0.5, 0.6) is 0 Å². The van der Waals surface area contributed by atoms with Crippen molar-refractivity contribution in [3.8, 4) is 0 Å². The van der Waals surface area contributed by atoms with Crippen LogP contribution >= 0.6 is 0 Å². The number of rotatable bonds is 2. The van der Waals surface area contributed by atoms with Gasteiger partial charge in [-0.25, -0.2) is 8.42 Å². The second kappa shape index (κ2) is 3.08. The third-order valence-corrected chi connectivity index (χ3v) is 4.44. The summed E-state index contributed by atoms with van der Waals surface area (Å²) in [6.45, 7) is 4.64. The first-order chi connectivity index (χ1) is 6.13.